The molecule has 0 aromatic carbocycles. The number of hydrogen-bond donors (Lipinski definition) is 1. The van der Waals surface area contributed by atoms with Crippen LogP contribution in [0.3, 0.4) is 0 Å². The Balaban J connectivity index is 2.10. The van der Waals surface area contributed by atoms with Gasteiger partial charge in [-0.2, -0.15) is 10.2 Å². The van der Waals surface area contributed by atoms with Crippen LogP contribution in [0.4, 0.5) is 5.82 Å². The van der Waals surface area contributed by atoms with Crippen LogP contribution in [-0.4, -0.2) is 19.7 Å². The number of anilines is 1. The van der Waals surface area contributed by atoms with E-state index in [0.29, 0.717) is 18.9 Å². The fourth-order valence-corrected chi connectivity index (χ4v) is 1.59. The highest BCUT2D eigenvalue weighted by Crippen LogP contribution is 1.98. The summed E-state index contributed by atoms with van der Waals surface area (Å²) in [4.78, 5) is 16.0. The summed E-state index contributed by atoms with van der Waals surface area (Å²) in [7, 11) is 0. The van der Waals surface area contributed by atoms with Gasteiger partial charge in [0.2, 0.25) is 0 Å². The van der Waals surface area contributed by atoms with E-state index in [1.807, 2.05) is 13.0 Å². The Morgan fingerprint density at radius 3 is 3.00 bits per heavy atom. The highest BCUT2D eigenvalue weighted by atomic mass is 16.1. The first-order chi connectivity index (χ1) is 8.81. The highest BCUT2D eigenvalue weighted by molar-refractivity contribution is 5.31. The second kappa shape index (κ2) is 5.90. The van der Waals surface area contributed by atoms with Gasteiger partial charge in [0.05, 0.1) is 12.2 Å². The van der Waals surface area contributed by atoms with E-state index in [-0.39, 0.29) is 5.56 Å². The Morgan fingerprint density at radius 2 is 2.28 bits per heavy atom. The van der Waals surface area contributed by atoms with Gasteiger partial charge in [-0.05, 0) is 18.6 Å². The summed E-state index contributed by atoms with van der Waals surface area (Å²) in [6, 6.07) is 3.64. The number of nitrogens with zero attached hydrogens (tertiary/aromatic N) is 4. The quantitative estimate of drug-likeness (QED) is 0.852. The van der Waals surface area contributed by atoms with Crippen molar-refractivity contribution in [1.82, 2.24) is 19.7 Å². The molecule has 0 bridgehead atoms. The third kappa shape index (κ3) is 2.91. The van der Waals surface area contributed by atoms with Crippen molar-refractivity contribution in [2.24, 2.45) is 0 Å². The molecule has 0 aliphatic carbocycles. The van der Waals surface area contributed by atoms with Crippen LogP contribution in [0.5, 0.6) is 0 Å². The van der Waals surface area contributed by atoms with E-state index in [0.717, 1.165) is 12.1 Å². The summed E-state index contributed by atoms with van der Waals surface area (Å²) in [5.41, 5.74) is 0.660. The Bertz CT molecular complexity index is 552. The summed E-state index contributed by atoms with van der Waals surface area (Å²) in [6.45, 7) is 3.16. The van der Waals surface area contributed by atoms with Gasteiger partial charge in [0.1, 0.15) is 0 Å². The molecule has 2 heterocycles. The first kappa shape index (κ1) is 12.2. The van der Waals surface area contributed by atoms with Gasteiger partial charge in [-0.25, -0.2) is 4.98 Å². The molecular weight excluding hydrogens is 230 g/mol. The lowest BCUT2D eigenvalue weighted by Gasteiger charge is -2.07. The molecule has 2 rings (SSSR count). The first-order valence-electron chi connectivity index (χ1n) is 5.87. The third-order valence-corrected chi connectivity index (χ3v) is 2.44. The van der Waals surface area contributed by atoms with Crippen LogP contribution in [0, 0.1) is 0 Å². The molecule has 2 aromatic heterocycles. The van der Waals surface area contributed by atoms with Crippen LogP contribution in [0.15, 0.2) is 35.5 Å². The molecule has 2 aromatic rings. The number of aromatic nitrogens is 4. The van der Waals surface area contributed by atoms with Crippen molar-refractivity contribution in [1.29, 1.82) is 0 Å². The highest BCUT2D eigenvalue weighted by Gasteiger charge is 2.04. The lowest BCUT2D eigenvalue weighted by Crippen LogP contribution is -2.24. The van der Waals surface area contributed by atoms with Crippen molar-refractivity contribution in [2.45, 2.75) is 26.4 Å². The van der Waals surface area contributed by atoms with Gasteiger partial charge < -0.3 is 9.88 Å². The molecule has 0 saturated heterocycles. The van der Waals surface area contributed by atoms with Crippen molar-refractivity contribution >= 4 is 5.82 Å². The summed E-state index contributed by atoms with van der Waals surface area (Å²) < 4.78 is 1.64. The molecular formula is C12H15N5O. The van der Waals surface area contributed by atoms with E-state index in [1.165, 1.54) is 0 Å². The molecule has 0 aliphatic rings. The SMILES string of the molecule is CCCn1ccnc(NCc2cccnn2)c1=O. The van der Waals surface area contributed by atoms with Gasteiger partial charge in [-0.1, -0.05) is 6.92 Å². The van der Waals surface area contributed by atoms with Gasteiger partial charge in [-0.3, -0.25) is 4.79 Å². The summed E-state index contributed by atoms with van der Waals surface area (Å²) in [5, 5.41) is 10.7. The van der Waals surface area contributed by atoms with Crippen LogP contribution in [-0.2, 0) is 13.1 Å². The molecule has 6 nitrogen and oxygen atoms in total. The molecule has 1 N–H and O–H groups in total. The van der Waals surface area contributed by atoms with Crippen molar-refractivity contribution in [3.63, 3.8) is 0 Å². The van der Waals surface area contributed by atoms with Gasteiger partial charge >= 0.3 is 0 Å². The van der Waals surface area contributed by atoms with Gasteiger partial charge in [0.25, 0.3) is 5.56 Å². The summed E-state index contributed by atoms with van der Waals surface area (Å²) >= 11 is 0. The van der Waals surface area contributed by atoms with Crippen LogP contribution in [0.2, 0.25) is 0 Å². The lowest BCUT2D eigenvalue weighted by atomic mass is 10.4. The standard InChI is InChI=1S/C12H15N5O/c1-2-7-17-8-6-13-11(12(17)18)14-9-10-4-3-5-15-16-10/h3-6,8H,2,7,9H2,1H3,(H,13,14). The normalized spacial score (nSPS) is 10.3. The number of nitrogens with one attached hydrogen (secondary N) is 1. The van der Waals surface area contributed by atoms with Crippen LogP contribution < -0.4 is 10.9 Å². The van der Waals surface area contributed by atoms with E-state index in [4.69, 9.17) is 0 Å². The zero-order chi connectivity index (χ0) is 12.8. The largest absolute Gasteiger partial charge is 0.360 e. The molecule has 18 heavy (non-hydrogen) atoms. The fraction of sp³-hybridized carbons (Fsp3) is 0.333. The molecule has 0 atom stereocenters. The molecule has 0 amide bonds. The molecule has 0 spiro atoms. The van der Waals surface area contributed by atoms with E-state index >= 15 is 0 Å². The van der Waals surface area contributed by atoms with Crippen molar-refractivity contribution < 1.29 is 0 Å². The zero-order valence-electron chi connectivity index (χ0n) is 10.2. The Hall–Kier alpha value is -2.24. The molecule has 0 saturated carbocycles. The molecule has 0 unspecified atom stereocenters. The second-order valence-corrected chi connectivity index (χ2v) is 3.84. The minimum atomic E-state index is -0.108. The van der Waals surface area contributed by atoms with Gasteiger partial charge in [0.15, 0.2) is 5.82 Å². The van der Waals surface area contributed by atoms with E-state index in [9.17, 15) is 4.79 Å². The van der Waals surface area contributed by atoms with Crippen molar-refractivity contribution in [3.05, 3.63) is 46.8 Å². The molecule has 94 valence electrons. The van der Waals surface area contributed by atoms with E-state index in [2.05, 4.69) is 20.5 Å². The fourth-order valence-electron chi connectivity index (χ4n) is 1.59. The smallest absolute Gasteiger partial charge is 0.293 e. The van der Waals surface area contributed by atoms with Crippen LogP contribution in [0.1, 0.15) is 19.0 Å². The molecule has 0 fully saturated rings. The Kier molecular flexibility index (Phi) is 4.01. The predicted octanol–water partition coefficient (Wildman–Crippen LogP) is 1.06. The van der Waals surface area contributed by atoms with Crippen molar-refractivity contribution in [2.75, 3.05) is 5.32 Å². The molecule has 0 aliphatic heterocycles. The second-order valence-electron chi connectivity index (χ2n) is 3.84. The number of aryl methyl sites for hydroxylation is 1. The van der Waals surface area contributed by atoms with E-state index in [1.54, 1.807) is 29.2 Å². The summed E-state index contributed by atoms with van der Waals surface area (Å²) in [6.07, 6.45) is 5.83. The Morgan fingerprint density at radius 1 is 1.39 bits per heavy atom. The maximum Gasteiger partial charge on any atom is 0.293 e. The van der Waals surface area contributed by atoms with E-state index < -0.39 is 0 Å². The minimum absolute atomic E-state index is 0.108. The lowest BCUT2D eigenvalue weighted by molar-refractivity contribution is 0.649. The first-order valence-corrected chi connectivity index (χ1v) is 5.87. The Labute approximate surface area is 105 Å². The average molecular weight is 245 g/mol. The molecule has 6 heteroatoms. The third-order valence-electron chi connectivity index (χ3n) is 2.44. The summed E-state index contributed by atoms with van der Waals surface area (Å²) in [5.74, 6) is 0.344. The topological polar surface area (TPSA) is 72.7 Å². The average Bonchev–Trinajstić information content (AvgIpc) is 2.41. The van der Waals surface area contributed by atoms with Crippen LogP contribution in [0.25, 0.3) is 0 Å². The van der Waals surface area contributed by atoms with Gasteiger partial charge in [0, 0.05) is 25.1 Å². The van der Waals surface area contributed by atoms with Crippen LogP contribution >= 0.6 is 0 Å². The molecule has 0 radical (unpaired) electrons. The van der Waals surface area contributed by atoms with Gasteiger partial charge in [-0.15, -0.1) is 0 Å². The predicted molar refractivity (Wildman–Crippen MR) is 68.1 cm³/mol. The number of rotatable bonds is 5. The maximum atomic E-state index is 12.0. The zero-order valence-corrected chi connectivity index (χ0v) is 10.2. The van der Waals surface area contributed by atoms with Crippen molar-refractivity contribution in [3.8, 4) is 0 Å². The maximum absolute atomic E-state index is 12.0. The minimum Gasteiger partial charge on any atom is -0.360 e. The monoisotopic (exact) mass is 245 g/mol. The number of hydrogen-bond acceptors (Lipinski definition) is 5.